The monoisotopic (exact) mass is 464 g/mol. The van der Waals surface area contributed by atoms with Gasteiger partial charge in [0, 0.05) is 51.7 Å². The number of carboxylic acids is 1. The van der Waals surface area contributed by atoms with Gasteiger partial charge in [-0.2, -0.15) is 0 Å². The molecule has 3 heterocycles. The van der Waals surface area contributed by atoms with Crippen LogP contribution in [0.3, 0.4) is 0 Å². The highest BCUT2D eigenvalue weighted by molar-refractivity contribution is 7.98. The van der Waals surface area contributed by atoms with E-state index in [1.807, 2.05) is 24.3 Å². The Hall–Kier alpha value is -2.03. The number of aliphatic carboxylic acids is 1. The van der Waals surface area contributed by atoms with Crippen molar-refractivity contribution in [3.05, 3.63) is 52.9 Å². The Kier molecular flexibility index (Phi) is 5.83. The van der Waals surface area contributed by atoms with Crippen molar-refractivity contribution in [2.45, 2.75) is 47.3 Å². The molecule has 1 aliphatic rings. The molecule has 0 amide bonds. The van der Waals surface area contributed by atoms with Gasteiger partial charge in [0.2, 0.25) is 0 Å². The van der Waals surface area contributed by atoms with E-state index < -0.39 is 15.8 Å². The van der Waals surface area contributed by atoms with Crippen molar-refractivity contribution in [2.75, 3.05) is 6.26 Å². The normalized spacial score (nSPS) is 16.5. The van der Waals surface area contributed by atoms with Gasteiger partial charge in [-0.25, -0.2) is 8.42 Å². The Morgan fingerprint density at radius 3 is 2.70 bits per heavy atom. The lowest BCUT2D eigenvalue weighted by atomic mass is 9.90. The number of hydrogen-bond donors (Lipinski definition) is 1. The van der Waals surface area contributed by atoms with Crippen molar-refractivity contribution in [2.24, 2.45) is 0 Å². The zero-order valence-corrected chi connectivity index (χ0v) is 18.7. The van der Waals surface area contributed by atoms with Crippen LogP contribution in [0.1, 0.15) is 36.4 Å². The fourth-order valence-electron chi connectivity index (χ4n) is 4.22. The standard InChI is InChI=1S/C21H21ClN2O4S2/c1-30(27,28)18-11-23-10-17-20(18)16(12-29-15-6-4-14(22)5-7-15)21-13(9-19(25)26)3-2-8-24(17)21/h4-7,10-11,13H,2-3,8-9,12H2,1H3,(H,25,26). The number of aromatic nitrogens is 2. The van der Waals surface area contributed by atoms with Gasteiger partial charge in [0.1, 0.15) is 0 Å². The van der Waals surface area contributed by atoms with Crippen molar-refractivity contribution in [3.8, 4) is 0 Å². The highest BCUT2D eigenvalue weighted by atomic mass is 35.5. The summed E-state index contributed by atoms with van der Waals surface area (Å²) in [7, 11) is -3.50. The largest absolute Gasteiger partial charge is 0.481 e. The summed E-state index contributed by atoms with van der Waals surface area (Å²) in [5.41, 5.74) is 2.58. The van der Waals surface area contributed by atoms with Crippen LogP contribution in [0, 0.1) is 0 Å². The second kappa shape index (κ2) is 8.24. The number of halogens is 1. The van der Waals surface area contributed by atoms with Crippen LogP contribution >= 0.6 is 23.4 Å². The number of hydrogen-bond acceptors (Lipinski definition) is 5. The third-order valence-corrected chi connectivity index (χ3v) is 7.82. The Balaban J connectivity index is 1.90. The number of sulfone groups is 1. The molecule has 3 aromatic rings. The summed E-state index contributed by atoms with van der Waals surface area (Å²) in [5, 5.41) is 10.8. The quantitative estimate of drug-likeness (QED) is 0.530. The number of aryl methyl sites for hydroxylation is 1. The number of fused-ring (bicyclic) bond motifs is 3. The summed E-state index contributed by atoms with van der Waals surface area (Å²) in [4.78, 5) is 16.9. The van der Waals surface area contributed by atoms with Gasteiger partial charge in [-0.05, 0) is 42.7 Å². The molecule has 30 heavy (non-hydrogen) atoms. The van der Waals surface area contributed by atoms with Crippen molar-refractivity contribution in [1.29, 1.82) is 0 Å². The highest BCUT2D eigenvalue weighted by Gasteiger charge is 2.31. The van der Waals surface area contributed by atoms with Crippen molar-refractivity contribution in [3.63, 3.8) is 0 Å². The van der Waals surface area contributed by atoms with Crippen molar-refractivity contribution < 1.29 is 18.3 Å². The van der Waals surface area contributed by atoms with Gasteiger partial charge in [0.05, 0.1) is 23.0 Å². The van der Waals surface area contributed by atoms with E-state index in [1.165, 1.54) is 12.5 Å². The molecule has 2 aromatic heterocycles. The summed E-state index contributed by atoms with van der Waals surface area (Å²) in [6, 6.07) is 7.48. The third kappa shape index (κ3) is 4.08. The van der Waals surface area contributed by atoms with E-state index in [2.05, 4.69) is 9.55 Å². The Morgan fingerprint density at radius 2 is 2.03 bits per heavy atom. The van der Waals surface area contributed by atoms with Crippen LogP contribution in [0.4, 0.5) is 0 Å². The molecule has 1 unspecified atom stereocenters. The minimum atomic E-state index is -3.50. The zero-order valence-electron chi connectivity index (χ0n) is 16.3. The van der Waals surface area contributed by atoms with E-state index in [0.29, 0.717) is 16.2 Å². The lowest BCUT2D eigenvalue weighted by molar-refractivity contribution is -0.137. The van der Waals surface area contributed by atoms with Crippen LogP contribution in [0.25, 0.3) is 10.9 Å². The molecule has 1 atom stereocenters. The number of nitrogens with zero attached hydrogens (tertiary/aromatic N) is 2. The van der Waals surface area contributed by atoms with Crippen molar-refractivity contribution in [1.82, 2.24) is 9.55 Å². The Labute approximate surface area is 184 Å². The van der Waals surface area contributed by atoms with Crippen molar-refractivity contribution >= 4 is 50.1 Å². The van der Waals surface area contributed by atoms with E-state index in [1.54, 1.807) is 18.0 Å². The fraction of sp³-hybridized carbons (Fsp3) is 0.333. The molecule has 1 aromatic carbocycles. The fourth-order valence-corrected chi connectivity index (χ4v) is 6.13. The number of carbonyl (C=O) groups is 1. The molecule has 0 saturated heterocycles. The second-order valence-electron chi connectivity index (χ2n) is 7.50. The summed E-state index contributed by atoms with van der Waals surface area (Å²) < 4.78 is 27.1. The molecule has 0 bridgehead atoms. The van der Waals surface area contributed by atoms with Crippen LogP contribution in [0.2, 0.25) is 5.02 Å². The number of benzene rings is 1. The first kappa shape index (κ1) is 21.2. The number of thioether (sulfide) groups is 1. The van der Waals surface area contributed by atoms with Gasteiger partial charge in [-0.3, -0.25) is 9.78 Å². The minimum absolute atomic E-state index is 0.0244. The lowest BCUT2D eigenvalue weighted by Crippen LogP contribution is -2.18. The molecule has 1 N–H and O–H groups in total. The summed E-state index contributed by atoms with van der Waals surface area (Å²) in [6.45, 7) is 0.725. The molecule has 0 fully saturated rings. The second-order valence-corrected chi connectivity index (χ2v) is 11.0. The maximum atomic E-state index is 12.5. The van der Waals surface area contributed by atoms with Gasteiger partial charge < -0.3 is 9.67 Å². The van der Waals surface area contributed by atoms with Gasteiger partial charge >= 0.3 is 5.97 Å². The first-order valence-electron chi connectivity index (χ1n) is 9.55. The van der Waals surface area contributed by atoms with Crippen LogP contribution in [-0.4, -0.2) is 35.3 Å². The molecule has 0 spiro atoms. The third-order valence-electron chi connectivity index (χ3n) is 5.42. The highest BCUT2D eigenvalue weighted by Crippen LogP contribution is 2.43. The van der Waals surface area contributed by atoms with Crippen LogP contribution in [0.15, 0.2) is 46.5 Å². The lowest BCUT2D eigenvalue weighted by Gasteiger charge is -2.25. The van der Waals surface area contributed by atoms with Gasteiger partial charge in [-0.15, -0.1) is 11.8 Å². The molecular weight excluding hydrogens is 444 g/mol. The predicted molar refractivity (Wildman–Crippen MR) is 118 cm³/mol. The Bertz CT molecular complexity index is 1220. The van der Waals surface area contributed by atoms with Crippen LogP contribution in [0.5, 0.6) is 0 Å². The van der Waals surface area contributed by atoms with E-state index >= 15 is 0 Å². The first-order valence-corrected chi connectivity index (χ1v) is 12.8. The number of rotatable bonds is 6. The molecule has 6 nitrogen and oxygen atoms in total. The van der Waals surface area contributed by atoms with E-state index in [-0.39, 0.29) is 17.2 Å². The topological polar surface area (TPSA) is 89.3 Å². The molecule has 0 radical (unpaired) electrons. The smallest absolute Gasteiger partial charge is 0.304 e. The summed E-state index contributed by atoms with van der Waals surface area (Å²) in [5.74, 6) is -0.475. The maximum Gasteiger partial charge on any atom is 0.304 e. The van der Waals surface area contributed by atoms with Gasteiger partial charge in [0.15, 0.2) is 9.84 Å². The van der Waals surface area contributed by atoms with E-state index in [4.69, 9.17) is 11.6 Å². The SMILES string of the molecule is CS(=O)(=O)c1cncc2c1c(CSc1ccc(Cl)cc1)c1n2CCCC1CC(=O)O. The molecular formula is C21H21ClN2O4S2. The summed E-state index contributed by atoms with van der Waals surface area (Å²) >= 11 is 7.56. The summed E-state index contributed by atoms with van der Waals surface area (Å²) in [6.07, 6.45) is 5.91. The molecule has 1 aliphatic heterocycles. The molecule has 0 saturated carbocycles. The van der Waals surface area contributed by atoms with Crippen LogP contribution in [-0.2, 0) is 26.9 Å². The maximum absolute atomic E-state index is 12.5. The molecule has 4 rings (SSSR count). The molecule has 0 aliphatic carbocycles. The first-order chi connectivity index (χ1) is 14.3. The Morgan fingerprint density at radius 1 is 1.30 bits per heavy atom. The number of carboxylic acid groups (broad SMARTS) is 1. The van der Waals surface area contributed by atoms with Gasteiger partial charge in [-0.1, -0.05) is 11.6 Å². The van der Waals surface area contributed by atoms with E-state index in [9.17, 15) is 18.3 Å². The van der Waals surface area contributed by atoms with E-state index in [0.717, 1.165) is 41.1 Å². The minimum Gasteiger partial charge on any atom is -0.481 e. The number of pyridine rings is 1. The molecule has 158 valence electrons. The molecule has 9 heteroatoms. The predicted octanol–water partition coefficient (Wildman–Crippen LogP) is 4.74. The zero-order chi connectivity index (χ0) is 21.5. The average molecular weight is 465 g/mol. The average Bonchev–Trinajstić information content (AvgIpc) is 3.01. The van der Waals surface area contributed by atoms with Gasteiger partial charge in [0.25, 0.3) is 0 Å². The van der Waals surface area contributed by atoms with Crippen LogP contribution < -0.4 is 0 Å².